The van der Waals surface area contributed by atoms with Crippen molar-refractivity contribution in [1.82, 2.24) is 0 Å². The molecule has 0 amide bonds. The number of hydrogen-bond donors (Lipinski definition) is 2. The summed E-state index contributed by atoms with van der Waals surface area (Å²) in [5.41, 5.74) is 6.13. The molecule has 5 nitrogen and oxygen atoms in total. The minimum absolute atomic E-state index is 0.0317. The summed E-state index contributed by atoms with van der Waals surface area (Å²) in [6.45, 7) is 4.98. The highest BCUT2D eigenvalue weighted by Gasteiger charge is 2.10. The molecule has 0 spiro atoms. The van der Waals surface area contributed by atoms with Crippen molar-refractivity contribution in [3.63, 3.8) is 0 Å². The maximum absolute atomic E-state index is 8.67. The zero-order valence-electron chi connectivity index (χ0n) is 10.1. The highest BCUT2D eigenvalue weighted by atomic mass is 16.5. The second-order valence-electron chi connectivity index (χ2n) is 3.57. The third-order valence-electron chi connectivity index (χ3n) is 2.16. The Hall–Kier alpha value is -1.75. The summed E-state index contributed by atoms with van der Waals surface area (Å²) in [5, 5.41) is 11.6. The van der Waals surface area contributed by atoms with Crippen LogP contribution in [0.2, 0.25) is 0 Å². The van der Waals surface area contributed by atoms with Crippen LogP contribution in [0.15, 0.2) is 29.4 Å². The highest BCUT2D eigenvalue weighted by Crippen LogP contribution is 2.19. The largest absolute Gasteiger partial charge is 0.488 e. The second-order valence-corrected chi connectivity index (χ2v) is 3.57. The van der Waals surface area contributed by atoms with E-state index in [1.807, 2.05) is 19.9 Å². The fourth-order valence-electron chi connectivity index (χ4n) is 1.37. The summed E-state index contributed by atoms with van der Waals surface area (Å²) in [4.78, 5) is 0. The lowest BCUT2D eigenvalue weighted by Gasteiger charge is -2.16. The minimum Gasteiger partial charge on any atom is -0.488 e. The summed E-state index contributed by atoms with van der Waals surface area (Å²) in [7, 11) is 0. The Kier molecular flexibility index (Phi) is 5.29. The molecule has 1 unspecified atom stereocenters. The molecule has 1 aromatic rings. The van der Waals surface area contributed by atoms with Gasteiger partial charge in [0.1, 0.15) is 11.9 Å². The number of oxime groups is 1. The Labute approximate surface area is 101 Å². The summed E-state index contributed by atoms with van der Waals surface area (Å²) in [5.74, 6) is 0.610. The molecule has 0 aliphatic rings. The van der Waals surface area contributed by atoms with Gasteiger partial charge >= 0.3 is 0 Å². The number of ether oxygens (including phenoxy) is 2. The van der Waals surface area contributed by atoms with Gasteiger partial charge in [-0.1, -0.05) is 17.3 Å². The van der Waals surface area contributed by atoms with E-state index >= 15 is 0 Å². The normalized spacial score (nSPS) is 13.4. The number of benzene rings is 1. The molecule has 17 heavy (non-hydrogen) atoms. The van der Waals surface area contributed by atoms with Crippen LogP contribution in [0.4, 0.5) is 0 Å². The standard InChI is InChI=1S/C12H18N2O3/c1-3-16-8-9(2)17-11-7-5-4-6-10(11)12(13)14-15/h4-7,9,15H,3,8H2,1-2H3,(H2,13,14). The monoisotopic (exact) mass is 238 g/mol. The van der Waals surface area contributed by atoms with Gasteiger partial charge in [0.2, 0.25) is 0 Å². The zero-order chi connectivity index (χ0) is 12.7. The van der Waals surface area contributed by atoms with Crippen LogP contribution in [0.25, 0.3) is 0 Å². The smallest absolute Gasteiger partial charge is 0.173 e. The molecule has 3 N–H and O–H groups in total. The third-order valence-corrected chi connectivity index (χ3v) is 2.16. The lowest BCUT2D eigenvalue weighted by Crippen LogP contribution is -2.22. The predicted molar refractivity (Wildman–Crippen MR) is 65.5 cm³/mol. The summed E-state index contributed by atoms with van der Waals surface area (Å²) < 4.78 is 10.9. The summed E-state index contributed by atoms with van der Waals surface area (Å²) in [6.07, 6.45) is -0.0948. The minimum atomic E-state index is -0.0948. The first-order valence-corrected chi connectivity index (χ1v) is 5.50. The van der Waals surface area contributed by atoms with Crippen molar-refractivity contribution in [2.75, 3.05) is 13.2 Å². The first-order valence-electron chi connectivity index (χ1n) is 5.50. The van der Waals surface area contributed by atoms with Gasteiger partial charge in [-0.25, -0.2) is 0 Å². The van der Waals surface area contributed by atoms with Gasteiger partial charge in [0.15, 0.2) is 5.84 Å². The molecule has 0 bridgehead atoms. The second kappa shape index (κ2) is 6.75. The molecular formula is C12H18N2O3. The van der Waals surface area contributed by atoms with E-state index in [1.165, 1.54) is 0 Å². The molecule has 0 aromatic heterocycles. The molecule has 1 atom stereocenters. The Morgan fingerprint density at radius 1 is 1.47 bits per heavy atom. The molecule has 94 valence electrons. The Morgan fingerprint density at radius 2 is 2.18 bits per heavy atom. The van der Waals surface area contributed by atoms with E-state index in [1.54, 1.807) is 18.2 Å². The van der Waals surface area contributed by atoms with Gasteiger partial charge in [-0.15, -0.1) is 0 Å². The average Bonchev–Trinajstić information content (AvgIpc) is 2.36. The van der Waals surface area contributed by atoms with Gasteiger partial charge < -0.3 is 20.4 Å². The Morgan fingerprint density at radius 3 is 2.82 bits per heavy atom. The number of nitrogens with zero attached hydrogens (tertiary/aromatic N) is 1. The molecule has 0 aliphatic carbocycles. The quantitative estimate of drug-likeness (QED) is 0.341. The van der Waals surface area contributed by atoms with E-state index in [0.29, 0.717) is 24.5 Å². The number of hydrogen-bond acceptors (Lipinski definition) is 4. The van der Waals surface area contributed by atoms with Gasteiger partial charge in [0.25, 0.3) is 0 Å². The Balaban J connectivity index is 2.76. The van der Waals surface area contributed by atoms with Crippen molar-refractivity contribution < 1.29 is 14.7 Å². The van der Waals surface area contributed by atoms with Gasteiger partial charge in [-0.3, -0.25) is 0 Å². The van der Waals surface area contributed by atoms with Crippen molar-refractivity contribution in [2.24, 2.45) is 10.9 Å². The first-order chi connectivity index (χ1) is 8.19. The SMILES string of the molecule is CCOCC(C)Oc1ccccc1/C(N)=N/O. The van der Waals surface area contributed by atoms with Gasteiger partial charge in [-0.05, 0) is 26.0 Å². The number of nitrogens with two attached hydrogens (primary N) is 1. The van der Waals surface area contributed by atoms with Crippen LogP contribution in [-0.2, 0) is 4.74 Å². The zero-order valence-corrected chi connectivity index (χ0v) is 10.1. The summed E-state index contributed by atoms with van der Waals surface area (Å²) >= 11 is 0. The highest BCUT2D eigenvalue weighted by molar-refractivity contribution is 5.99. The van der Waals surface area contributed by atoms with E-state index in [9.17, 15) is 0 Å². The Bertz CT molecular complexity index is 380. The number of para-hydroxylation sites is 1. The van der Waals surface area contributed by atoms with E-state index in [0.717, 1.165) is 0 Å². The number of amidine groups is 1. The van der Waals surface area contributed by atoms with E-state index in [-0.39, 0.29) is 11.9 Å². The van der Waals surface area contributed by atoms with Crippen LogP contribution >= 0.6 is 0 Å². The van der Waals surface area contributed by atoms with E-state index < -0.39 is 0 Å². The molecular weight excluding hydrogens is 220 g/mol. The molecule has 0 aliphatic heterocycles. The van der Waals surface area contributed by atoms with Crippen LogP contribution in [0.3, 0.4) is 0 Å². The van der Waals surface area contributed by atoms with E-state index in [4.69, 9.17) is 20.4 Å². The molecule has 0 saturated carbocycles. The van der Waals surface area contributed by atoms with Gasteiger partial charge in [0, 0.05) is 6.61 Å². The van der Waals surface area contributed by atoms with Crippen molar-refractivity contribution >= 4 is 5.84 Å². The molecule has 0 fully saturated rings. The maximum atomic E-state index is 8.67. The van der Waals surface area contributed by atoms with Crippen molar-refractivity contribution in [2.45, 2.75) is 20.0 Å². The topological polar surface area (TPSA) is 77.1 Å². The van der Waals surface area contributed by atoms with Crippen LogP contribution in [-0.4, -0.2) is 30.4 Å². The van der Waals surface area contributed by atoms with Crippen LogP contribution < -0.4 is 10.5 Å². The van der Waals surface area contributed by atoms with Crippen LogP contribution in [0.5, 0.6) is 5.75 Å². The molecule has 5 heteroatoms. The van der Waals surface area contributed by atoms with Crippen molar-refractivity contribution in [3.05, 3.63) is 29.8 Å². The summed E-state index contributed by atoms with van der Waals surface area (Å²) in [6, 6.07) is 7.14. The average molecular weight is 238 g/mol. The van der Waals surface area contributed by atoms with Gasteiger partial charge in [-0.2, -0.15) is 0 Å². The molecule has 1 aromatic carbocycles. The van der Waals surface area contributed by atoms with Gasteiger partial charge in [0.05, 0.1) is 12.2 Å². The molecule has 0 saturated heterocycles. The molecule has 1 rings (SSSR count). The van der Waals surface area contributed by atoms with Crippen LogP contribution in [0, 0.1) is 0 Å². The third kappa shape index (κ3) is 3.96. The molecule has 0 radical (unpaired) electrons. The predicted octanol–water partition coefficient (Wildman–Crippen LogP) is 1.58. The lowest BCUT2D eigenvalue weighted by molar-refractivity contribution is 0.0656. The van der Waals surface area contributed by atoms with E-state index in [2.05, 4.69) is 5.16 Å². The lowest BCUT2D eigenvalue weighted by atomic mass is 10.2. The van der Waals surface area contributed by atoms with Crippen molar-refractivity contribution in [3.8, 4) is 5.75 Å². The first kappa shape index (κ1) is 13.3. The number of rotatable bonds is 6. The van der Waals surface area contributed by atoms with Crippen LogP contribution in [0.1, 0.15) is 19.4 Å². The van der Waals surface area contributed by atoms with Crippen molar-refractivity contribution in [1.29, 1.82) is 0 Å². The fourth-order valence-corrected chi connectivity index (χ4v) is 1.37. The maximum Gasteiger partial charge on any atom is 0.173 e. The molecule has 0 heterocycles. The fraction of sp³-hybridized carbons (Fsp3) is 0.417.